The van der Waals surface area contributed by atoms with Crippen LogP contribution < -0.4 is 5.73 Å². The number of aliphatic hydroxyl groups excluding tert-OH is 1. The van der Waals surface area contributed by atoms with E-state index in [1.165, 1.54) is 50.5 Å². The predicted octanol–water partition coefficient (Wildman–Crippen LogP) is 5.64. The van der Waals surface area contributed by atoms with E-state index in [2.05, 4.69) is 55.2 Å². The highest BCUT2D eigenvalue weighted by atomic mass is 16.6. The lowest BCUT2D eigenvalue weighted by Gasteiger charge is -2.60. The first-order valence-corrected chi connectivity index (χ1v) is 15.9. The van der Waals surface area contributed by atoms with E-state index in [1.54, 1.807) is 5.57 Å². The van der Waals surface area contributed by atoms with Crippen LogP contribution in [0, 0.1) is 45.8 Å². The molecule has 0 radical (unpaired) electrons. The summed E-state index contributed by atoms with van der Waals surface area (Å²) in [6.45, 7) is 7.08. The minimum atomic E-state index is -0.497. The number of hydrogen-bond donors (Lipinski definition) is 2. The number of aliphatic hydroxyl groups is 1. The molecule has 2 saturated heterocycles. The Morgan fingerprint density at radius 1 is 1.05 bits per heavy atom. The Labute approximate surface area is 228 Å². The van der Waals surface area contributed by atoms with Gasteiger partial charge in [-0.15, -0.1) is 0 Å². The van der Waals surface area contributed by atoms with Crippen LogP contribution in [0.2, 0.25) is 0 Å². The van der Waals surface area contributed by atoms with E-state index in [4.69, 9.17) is 10.5 Å². The molecule has 3 spiro atoms. The summed E-state index contributed by atoms with van der Waals surface area (Å²) in [5.74, 6) is 3.69. The van der Waals surface area contributed by atoms with Gasteiger partial charge in [0.1, 0.15) is 5.72 Å². The van der Waals surface area contributed by atoms with E-state index in [1.807, 2.05) is 0 Å². The molecule has 9 rings (SSSR count). The Hall–Kier alpha value is -1.20. The molecule has 0 aromatic heterocycles. The van der Waals surface area contributed by atoms with Gasteiger partial charge in [0, 0.05) is 24.4 Å². The summed E-state index contributed by atoms with van der Waals surface area (Å²) in [4.78, 5) is 2.73. The third-order valence-electron chi connectivity index (χ3n) is 14.3. The van der Waals surface area contributed by atoms with Crippen LogP contribution in [0.5, 0.6) is 0 Å². The monoisotopic (exact) mass is 514 g/mol. The average molecular weight is 515 g/mol. The molecule has 4 heteroatoms. The maximum Gasteiger partial charge on any atom is 0.133 e. The lowest BCUT2D eigenvalue weighted by molar-refractivity contribution is -0.232. The fraction of sp³-hybridized carbons (Fsp3) is 0.765. The smallest absolute Gasteiger partial charge is 0.133 e. The van der Waals surface area contributed by atoms with Gasteiger partial charge in [-0.1, -0.05) is 55.8 Å². The van der Waals surface area contributed by atoms with Crippen molar-refractivity contribution in [2.75, 3.05) is 6.54 Å². The van der Waals surface area contributed by atoms with Crippen molar-refractivity contribution in [1.29, 1.82) is 0 Å². The van der Waals surface area contributed by atoms with Crippen molar-refractivity contribution in [2.45, 2.75) is 108 Å². The second-order valence-corrected chi connectivity index (χ2v) is 15.7. The first-order chi connectivity index (χ1) is 18.2. The van der Waals surface area contributed by atoms with Crippen LogP contribution >= 0.6 is 0 Å². The van der Waals surface area contributed by atoms with Gasteiger partial charge in [-0.3, -0.25) is 4.90 Å². The molecule has 5 saturated carbocycles. The summed E-state index contributed by atoms with van der Waals surface area (Å²) < 4.78 is 7.42. The maximum atomic E-state index is 10.4. The molecule has 8 aliphatic rings. The number of nitrogens with zero attached hydrogens (tertiary/aromatic N) is 1. The molecule has 3 N–H and O–H groups in total. The molecule has 0 amide bonds. The highest BCUT2D eigenvalue weighted by Crippen LogP contribution is 2.93. The van der Waals surface area contributed by atoms with Gasteiger partial charge in [0.05, 0.1) is 17.7 Å². The van der Waals surface area contributed by atoms with E-state index in [-0.39, 0.29) is 11.7 Å². The van der Waals surface area contributed by atoms with Crippen molar-refractivity contribution in [3.63, 3.8) is 0 Å². The standard InChI is InChI=1S/C34H46N2O2/c1-21-15-34(35)29(36(18-21)19-22-6-4-3-5-7-22)28-17-32-20-31(32)16-27-25(26(31)11-13-33(28,32)38-34)9-8-23-14-24(37)10-12-30(23,27)2/h3-8,21,24-29,37H,9-20,35H2,1-2H3/t21-,24-,25-,26-,27-,28+,29-,30-,31?,32?,33+,34+/m0/s1. The molecule has 0 bridgehead atoms. The zero-order valence-electron chi connectivity index (χ0n) is 23.4. The van der Waals surface area contributed by atoms with E-state index >= 15 is 0 Å². The number of likely N-dealkylation sites (tertiary alicyclic amines) is 1. The summed E-state index contributed by atoms with van der Waals surface area (Å²) in [6, 6.07) is 11.4. The zero-order valence-corrected chi connectivity index (χ0v) is 23.4. The zero-order chi connectivity index (χ0) is 25.7. The lowest BCUT2D eigenvalue weighted by atomic mass is 9.47. The summed E-state index contributed by atoms with van der Waals surface area (Å²) in [7, 11) is 0. The quantitative estimate of drug-likeness (QED) is 0.501. The van der Waals surface area contributed by atoms with Crippen molar-refractivity contribution < 1.29 is 9.84 Å². The molecule has 204 valence electrons. The fourth-order valence-corrected chi connectivity index (χ4v) is 13.1. The van der Waals surface area contributed by atoms with Crippen molar-refractivity contribution in [1.82, 2.24) is 4.90 Å². The Balaban J connectivity index is 1.05. The minimum Gasteiger partial charge on any atom is -0.393 e. The molecular weight excluding hydrogens is 468 g/mol. The second kappa shape index (κ2) is 7.16. The van der Waals surface area contributed by atoms with Crippen LogP contribution in [0.3, 0.4) is 0 Å². The first-order valence-electron chi connectivity index (χ1n) is 15.9. The summed E-state index contributed by atoms with van der Waals surface area (Å²) >= 11 is 0. The molecular formula is C34H46N2O2. The predicted molar refractivity (Wildman–Crippen MR) is 148 cm³/mol. The topological polar surface area (TPSA) is 58.7 Å². The first kappa shape index (κ1) is 23.5. The number of allylic oxidation sites excluding steroid dienone is 1. The minimum absolute atomic E-state index is 0.0231. The SMILES string of the molecule is C[C@@H]1CN(Cc2ccccc2)[C@H]2[C@H]3CC45CC46C[C@H]4[C@@H](CC=C7C[C@@H](O)CC[C@@]74C)[C@@H]6CC[C@@]35O[C@]2(N)C1. The number of nitrogens with two attached hydrogens (primary N) is 1. The van der Waals surface area contributed by atoms with Gasteiger partial charge in [-0.05, 0) is 104 Å². The molecule has 38 heavy (non-hydrogen) atoms. The normalized spacial score (nSPS) is 57.7. The van der Waals surface area contributed by atoms with E-state index in [9.17, 15) is 5.11 Å². The van der Waals surface area contributed by atoms with Crippen LogP contribution in [0.15, 0.2) is 42.0 Å². The van der Waals surface area contributed by atoms with Gasteiger partial charge in [0.25, 0.3) is 0 Å². The van der Waals surface area contributed by atoms with Gasteiger partial charge in [0.15, 0.2) is 0 Å². The van der Waals surface area contributed by atoms with Crippen LogP contribution in [-0.4, -0.2) is 40.0 Å². The Bertz CT molecular complexity index is 1220. The van der Waals surface area contributed by atoms with Crippen molar-refractivity contribution in [3.05, 3.63) is 47.5 Å². The molecule has 1 aromatic rings. The Kier molecular flexibility index (Phi) is 4.43. The van der Waals surface area contributed by atoms with Crippen molar-refractivity contribution in [2.24, 2.45) is 51.6 Å². The largest absolute Gasteiger partial charge is 0.393 e. The number of fused-ring (bicyclic) bond motifs is 6. The molecule has 4 nitrogen and oxygen atoms in total. The van der Waals surface area contributed by atoms with Gasteiger partial charge in [0.2, 0.25) is 0 Å². The third kappa shape index (κ3) is 2.55. The van der Waals surface area contributed by atoms with Crippen molar-refractivity contribution >= 4 is 0 Å². The highest BCUT2D eigenvalue weighted by Gasteiger charge is 2.93. The van der Waals surface area contributed by atoms with E-state index in [0.717, 1.165) is 50.1 Å². The maximum absolute atomic E-state index is 10.4. The van der Waals surface area contributed by atoms with Gasteiger partial charge in [-0.25, -0.2) is 0 Å². The van der Waals surface area contributed by atoms with Gasteiger partial charge >= 0.3 is 0 Å². The van der Waals surface area contributed by atoms with E-state index < -0.39 is 5.72 Å². The molecule has 12 atom stereocenters. The molecule has 2 unspecified atom stereocenters. The number of piperidine rings is 1. The second-order valence-electron chi connectivity index (χ2n) is 15.7. The molecule has 1 aromatic carbocycles. The van der Waals surface area contributed by atoms with Crippen LogP contribution in [0.4, 0.5) is 0 Å². The average Bonchev–Trinajstić information content (AvgIpc) is 3.38. The Morgan fingerprint density at radius 2 is 1.89 bits per heavy atom. The van der Waals surface area contributed by atoms with Crippen LogP contribution in [-0.2, 0) is 11.3 Å². The summed E-state index contributed by atoms with van der Waals surface area (Å²) in [5.41, 5.74) is 11.1. The number of hydrogen-bond acceptors (Lipinski definition) is 4. The van der Waals surface area contributed by atoms with E-state index in [0.29, 0.717) is 34.1 Å². The molecule has 2 heterocycles. The van der Waals surface area contributed by atoms with Crippen LogP contribution in [0.25, 0.3) is 0 Å². The third-order valence-corrected chi connectivity index (χ3v) is 14.3. The highest BCUT2D eigenvalue weighted by molar-refractivity contribution is 5.42. The molecule has 2 aliphatic heterocycles. The molecule has 6 aliphatic carbocycles. The Morgan fingerprint density at radius 3 is 2.74 bits per heavy atom. The molecule has 7 fully saturated rings. The van der Waals surface area contributed by atoms with Crippen LogP contribution in [0.1, 0.15) is 83.6 Å². The van der Waals surface area contributed by atoms with Gasteiger partial charge < -0.3 is 15.6 Å². The van der Waals surface area contributed by atoms with Crippen molar-refractivity contribution in [3.8, 4) is 0 Å². The summed E-state index contributed by atoms with van der Waals surface area (Å²) in [5, 5.41) is 10.4. The lowest BCUT2D eigenvalue weighted by Crippen LogP contribution is -2.65. The number of ether oxygens (including phenoxy) is 1. The number of rotatable bonds is 2. The number of benzene rings is 1. The van der Waals surface area contributed by atoms with Gasteiger partial charge in [-0.2, -0.15) is 0 Å². The fourth-order valence-electron chi connectivity index (χ4n) is 13.1. The summed E-state index contributed by atoms with van der Waals surface area (Å²) in [6.07, 6.45) is 14.6.